The summed E-state index contributed by atoms with van der Waals surface area (Å²) in [6, 6.07) is 15.5. The molecule has 0 saturated heterocycles. The summed E-state index contributed by atoms with van der Waals surface area (Å²) in [4.78, 5) is 21.8. The van der Waals surface area contributed by atoms with Gasteiger partial charge in [-0.1, -0.05) is 24.3 Å². The van der Waals surface area contributed by atoms with Crippen LogP contribution >= 0.6 is 0 Å². The number of benzene rings is 2. The number of ether oxygens (including phenoxy) is 1. The van der Waals surface area contributed by atoms with Crippen LogP contribution in [0, 0.1) is 0 Å². The van der Waals surface area contributed by atoms with Crippen LogP contribution in [-0.2, 0) is 17.8 Å². The maximum atomic E-state index is 12.5. The number of hydrogen-bond donors (Lipinski definition) is 1. The van der Waals surface area contributed by atoms with E-state index in [2.05, 4.69) is 33.8 Å². The number of carbonyl (C=O) groups excluding carboxylic acids is 1. The molecule has 0 unspecified atom stereocenters. The van der Waals surface area contributed by atoms with E-state index in [9.17, 15) is 4.79 Å². The van der Waals surface area contributed by atoms with Crippen LogP contribution in [0.25, 0.3) is 22.9 Å². The molecule has 1 amide bonds. The molecular weight excluding hydrogens is 404 g/mol. The highest BCUT2D eigenvalue weighted by atomic mass is 16.5. The lowest BCUT2D eigenvalue weighted by Crippen LogP contribution is -2.14. The number of aromatic nitrogens is 5. The Morgan fingerprint density at radius 1 is 1.16 bits per heavy atom. The van der Waals surface area contributed by atoms with Crippen molar-refractivity contribution < 1.29 is 9.53 Å². The van der Waals surface area contributed by atoms with Gasteiger partial charge in [-0.2, -0.15) is 5.10 Å². The summed E-state index contributed by atoms with van der Waals surface area (Å²) in [5.74, 6) is 2.23. The van der Waals surface area contributed by atoms with Gasteiger partial charge in [0.15, 0.2) is 5.82 Å². The Bertz CT molecular complexity index is 1260. The number of imidazole rings is 1. The predicted octanol–water partition coefficient (Wildman–Crippen LogP) is 3.96. The number of hydrogen-bond acceptors (Lipinski definition) is 5. The minimum absolute atomic E-state index is 0.0697. The van der Waals surface area contributed by atoms with E-state index < -0.39 is 0 Å². The van der Waals surface area contributed by atoms with E-state index >= 15 is 0 Å². The number of nitrogens with one attached hydrogen (secondary N) is 1. The van der Waals surface area contributed by atoms with Crippen molar-refractivity contribution in [2.45, 2.75) is 32.9 Å². The minimum Gasteiger partial charge on any atom is -0.491 e. The van der Waals surface area contributed by atoms with Crippen LogP contribution in [0.5, 0.6) is 5.75 Å². The molecule has 0 atom stereocenters. The second kappa shape index (κ2) is 8.30. The van der Waals surface area contributed by atoms with E-state index in [1.807, 2.05) is 59.4 Å². The van der Waals surface area contributed by atoms with Crippen molar-refractivity contribution in [2.75, 3.05) is 11.9 Å². The van der Waals surface area contributed by atoms with Crippen LogP contribution in [-0.4, -0.2) is 36.8 Å². The molecule has 4 aromatic rings. The van der Waals surface area contributed by atoms with Crippen molar-refractivity contribution >= 4 is 11.6 Å². The number of carbonyl (C=O) groups is 1. The lowest BCUT2D eigenvalue weighted by Gasteiger charge is -2.10. The van der Waals surface area contributed by atoms with E-state index in [-0.39, 0.29) is 18.4 Å². The smallest absolute Gasteiger partial charge is 0.228 e. The van der Waals surface area contributed by atoms with Crippen molar-refractivity contribution in [2.24, 2.45) is 0 Å². The molecule has 162 valence electrons. The fourth-order valence-corrected chi connectivity index (χ4v) is 3.87. The SMILES string of the molecule is CC(C)n1ncnc1-c1cn2c(n1)-c1cc(CC(=O)Nc3ccccc3)ccc1OCC2. The summed E-state index contributed by atoms with van der Waals surface area (Å²) in [5, 5.41) is 7.26. The number of anilines is 1. The summed E-state index contributed by atoms with van der Waals surface area (Å²) < 4.78 is 9.89. The maximum absolute atomic E-state index is 12.5. The average molecular weight is 428 g/mol. The van der Waals surface area contributed by atoms with Gasteiger partial charge in [0.25, 0.3) is 0 Å². The van der Waals surface area contributed by atoms with Crippen LogP contribution in [0.2, 0.25) is 0 Å². The zero-order valence-corrected chi connectivity index (χ0v) is 18.0. The highest BCUT2D eigenvalue weighted by Gasteiger charge is 2.22. The van der Waals surface area contributed by atoms with Gasteiger partial charge in [-0.15, -0.1) is 0 Å². The lowest BCUT2D eigenvalue weighted by molar-refractivity contribution is -0.115. The number of amides is 1. The Labute approximate surface area is 185 Å². The third kappa shape index (κ3) is 3.87. The van der Waals surface area contributed by atoms with E-state index in [4.69, 9.17) is 9.72 Å². The molecule has 0 radical (unpaired) electrons. The van der Waals surface area contributed by atoms with Gasteiger partial charge in [0.2, 0.25) is 5.91 Å². The molecule has 0 fully saturated rings. The normalized spacial score (nSPS) is 12.6. The number of para-hydroxylation sites is 1. The highest BCUT2D eigenvalue weighted by Crippen LogP contribution is 2.34. The van der Waals surface area contributed by atoms with Crippen molar-refractivity contribution in [3.63, 3.8) is 0 Å². The van der Waals surface area contributed by atoms with Gasteiger partial charge in [0.1, 0.15) is 30.2 Å². The van der Waals surface area contributed by atoms with Crippen molar-refractivity contribution in [1.82, 2.24) is 24.3 Å². The molecule has 1 aliphatic rings. The average Bonchev–Trinajstić information content (AvgIpc) is 3.39. The summed E-state index contributed by atoms with van der Waals surface area (Å²) in [6.45, 7) is 5.35. The third-order valence-electron chi connectivity index (χ3n) is 5.36. The zero-order chi connectivity index (χ0) is 22.1. The first-order chi connectivity index (χ1) is 15.6. The van der Waals surface area contributed by atoms with Gasteiger partial charge in [-0.05, 0) is 43.7 Å². The van der Waals surface area contributed by atoms with Gasteiger partial charge >= 0.3 is 0 Å². The number of rotatable bonds is 5. The van der Waals surface area contributed by atoms with E-state index in [0.29, 0.717) is 13.2 Å². The summed E-state index contributed by atoms with van der Waals surface area (Å²) in [5.41, 5.74) is 3.31. The standard InChI is InChI=1S/C24H24N6O2/c1-16(2)30-24(25-15-26-30)20-14-29-10-11-32-21-9-8-17(12-19(21)23(29)28-20)13-22(31)27-18-6-4-3-5-7-18/h3-9,12,14-16H,10-11,13H2,1-2H3,(H,27,31). The molecule has 0 saturated carbocycles. The molecule has 2 aromatic heterocycles. The number of fused-ring (bicyclic) bond motifs is 3. The molecule has 1 aliphatic heterocycles. The van der Waals surface area contributed by atoms with E-state index in [0.717, 1.165) is 39.9 Å². The summed E-state index contributed by atoms with van der Waals surface area (Å²) in [7, 11) is 0. The highest BCUT2D eigenvalue weighted by molar-refractivity contribution is 5.92. The maximum Gasteiger partial charge on any atom is 0.228 e. The van der Waals surface area contributed by atoms with Gasteiger partial charge in [-0.25, -0.2) is 14.6 Å². The topological polar surface area (TPSA) is 86.9 Å². The summed E-state index contributed by atoms with van der Waals surface area (Å²) in [6.07, 6.45) is 3.81. The zero-order valence-electron chi connectivity index (χ0n) is 18.0. The van der Waals surface area contributed by atoms with Crippen LogP contribution in [0.15, 0.2) is 61.1 Å². The van der Waals surface area contributed by atoms with E-state index in [1.165, 1.54) is 0 Å². The largest absolute Gasteiger partial charge is 0.491 e. The van der Waals surface area contributed by atoms with Crippen molar-refractivity contribution in [3.05, 3.63) is 66.6 Å². The Morgan fingerprint density at radius 3 is 2.81 bits per heavy atom. The Balaban J connectivity index is 1.46. The molecule has 0 aliphatic carbocycles. The molecule has 8 heteroatoms. The molecule has 3 heterocycles. The van der Waals surface area contributed by atoms with Gasteiger partial charge in [0, 0.05) is 17.9 Å². The second-order valence-electron chi connectivity index (χ2n) is 8.04. The fourth-order valence-electron chi connectivity index (χ4n) is 3.87. The molecule has 2 aromatic carbocycles. The minimum atomic E-state index is -0.0697. The lowest BCUT2D eigenvalue weighted by atomic mass is 10.1. The Hall–Kier alpha value is -3.94. The van der Waals surface area contributed by atoms with Crippen LogP contribution in [0.1, 0.15) is 25.5 Å². The monoisotopic (exact) mass is 428 g/mol. The third-order valence-corrected chi connectivity index (χ3v) is 5.36. The molecule has 1 N–H and O–H groups in total. The first kappa shape index (κ1) is 20.0. The van der Waals surface area contributed by atoms with Gasteiger partial charge in [-0.3, -0.25) is 4.79 Å². The van der Waals surface area contributed by atoms with Crippen molar-refractivity contribution in [3.8, 4) is 28.7 Å². The van der Waals surface area contributed by atoms with Gasteiger partial charge < -0.3 is 14.6 Å². The molecule has 0 bridgehead atoms. The van der Waals surface area contributed by atoms with Crippen LogP contribution in [0.4, 0.5) is 5.69 Å². The van der Waals surface area contributed by atoms with Crippen LogP contribution in [0.3, 0.4) is 0 Å². The molecule has 32 heavy (non-hydrogen) atoms. The van der Waals surface area contributed by atoms with Crippen molar-refractivity contribution in [1.29, 1.82) is 0 Å². The molecular formula is C24H24N6O2. The first-order valence-electron chi connectivity index (χ1n) is 10.7. The second-order valence-corrected chi connectivity index (χ2v) is 8.04. The van der Waals surface area contributed by atoms with E-state index in [1.54, 1.807) is 6.33 Å². The molecule has 8 nitrogen and oxygen atoms in total. The quantitative estimate of drug-likeness (QED) is 0.520. The Morgan fingerprint density at radius 2 is 2.00 bits per heavy atom. The van der Waals surface area contributed by atoms with Crippen LogP contribution < -0.4 is 10.1 Å². The van der Waals surface area contributed by atoms with Gasteiger partial charge in [0.05, 0.1) is 18.5 Å². The first-order valence-corrected chi connectivity index (χ1v) is 10.7. The summed E-state index contributed by atoms with van der Waals surface area (Å²) >= 11 is 0. The molecule has 0 spiro atoms. The fraction of sp³-hybridized carbons (Fsp3) is 0.250. The Kier molecular flexibility index (Phi) is 5.18. The molecule has 5 rings (SSSR count). The predicted molar refractivity (Wildman–Crippen MR) is 121 cm³/mol. The number of nitrogens with zero attached hydrogens (tertiary/aromatic N) is 5.